The van der Waals surface area contributed by atoms with E-state index in [9.17, 15) is 9.18 Å². The van der Waals surface area contributed by atoms with Gasteiger partial charge in [0.15, 0.2) is 5.65 Å². The minimum atomic E-state index is -0.980. The minimum Gasteiger partial charge on any atom is -0.376 e. The van der Waals surface area contributed by atoms with E-state index >= 15 is 0 Å². The molecule has 206 valence electrons. The molecule has 0 unspecified atom stereocenters. The van der Waals surface area contributed by atoms with Crippen molar-refractivity contribution < 1.29 is 18.4 Å². The van der Waals surface area contributed by atoms with Crippen LogP contribution in [0.15, 0.2) is 41.3 Å². The molecule has 4 aromatic rings. The summed E-state index contributed by atoms with van der Waals surface area (Å²) in [4.78, 5) is 24.0. The fourth-order valence-corrected chi connectivity index (χ4v) is 4.92. The smallest absolute Gasteiger partial charge is 0.253 e. The van der Waals surface area contributed by atoms with E-state index in [2.05, 4.69) is 41.5 Å². The zero-order chi connectivity index (χ0) is 27.3. The van der Waals surface area contributed by atoms with Crippen molar-refractivity contribution in [3.63, 3.8) is 0 Å². The lowest BCUT2D eigenvalue weighted by Crippen LogP contribution is -2.46. The summed E-state index contributed by atoms with van der Waals surface area (Å²) in [7, 11) is 1.93. The highest BCUT2D eigenvalue weighted by Gasteiger charge is 2.35. The van der Waals surface area contributed by atoms with Crippen LogP contribution in [0.1, 0.15) is 55.2 Å². The molecule has 0 aromatic carbocycles. The lowest BCUT2D eigenvalue weighted by atomic mass is 10.0. The number of imidazole rings is 1. The molecule has 12 heteroatoms. The number of alkyl halides is 1. The largest absolute Gasteiger partial charge is 0.376 e. The standard InChI is InChI=1S/C27H33FN8O3/c1-27(2,3)35-11-7-16(13-35)26(37)29-12-21-31-24(33-39-21)22-23(20-15-38-20)36-9-5-6-19(25(36)32-22)30-18-8-10-34(4)14-17(18)28/h5-7,9,11,13,17-18,20,30H,8,10,12,14-15H2,1-4H3,(H,29,37)/t17-,18+,20+/m0/s1. The molecule has 0 bridgehead atoms. The number of aromatic nitrogens is 5. The first-order chi connectivity index (χ1) is 18.7. The van der Waals surface area contributed by atoms with Crippen molar-refractivity contribution in [3.8, 4) is 11.5 Å². The van der Waals surface area contributed by atoms with Crippen LogP contribution in [0.3, 0.4) is 0 Å². The van der Waals surface area contributed by atoms with Gasteiger partial charge in [-0.1, -0.05) is 5.16 Å². The Hall–Kier alpha value is -3.77. The van der Waals surface area contributed by atoms with Gasteiger partial charge in [0.1, 0.15) is 18.0 Å². The number of ether oxygens (including phenoxy) is 1. The Balaban J connectivity index is 1.22. The number of nitrogens with one attached hydrogen (secondary N) is 2. The molecule has 2 aliphatic rings. The predicted octanol–water partition coefficient (Wildman–Crippen LogP) is 3.40. The summed E-state index contributed by atoms with van der Waals surface area (Å²) < 4.78 is 29.7. The van der Waals surface area contributed by atoms with Gasteiger partial charge in [-0.25, -0.2) is 9.37 Å². The van der Waals surface area contributed by atoms with Crippen LogP contribution in [0.2, 0.25) is 0 Å². The van der Waals surface area contributed by atoms with E-state index in [1.807, 2.05) is 51.6 Å². The molecule has 1 amide bonds. The average Bonchev–Trinajstić information content (AvgIpc) is 3.29. The monoisotopic (exact) mass is 536 g/mol. The van der Waals surface area contributed by atoms with Gasteiger partial charge >= 0.3 is 0 Å². The van der Waals surface area contributed by atoms with Gasteiger partial charge in [0.05, 0.1) is 36.1 Å². The van der Waals surface area contributed by atoms with Gasteiger partial charge in [0.25, 0.3) is 5.91 Å². The molecular weight excluding hydrogens is 503 g/mol. The van der Waals surface area contributed by atoms with Crippen molar-refractivity contribution in [2.24, 2.45) is 0 Å². The first kappa shape index (κ1) is 25.5. The maximum atomic E-state index is 14.8. The van der Waals surface area contributed by atoms with Crippen LogP contribution >= 0.6 is 0 Å². The number of hydrogen-bond acceptors (Lipinski definition) is 8. The number of carbonyl (C=O) groups is 1. The Morgan fingerprint density at radius 2 is 2.05 bits per heavy atom. The number of carbonyl (C=O) groups excluding carboxylic acids is 1. The molecule has 39 heavy (non-hydrogen) atoms. The summed E-state index contributed by atoms with van der Waals surface area (Å²) in [5, 5.41) is 10.4. The topological polar surface area (TPSA) is 118 Å². The molecule has 0 aliphatic carbocycles. The Morgan fingerprint density at radius 1 is 1.23 bits per heavy atom. The van der Waals surface area contributed by atoms with E-state index in [-0.39, 0.29) is 36.0 Å². The third kappa shape index (κ3) is 5.13. The second kappa shape index (κ2) is 9.76. The van der Waals surface area contributed by atoms with E-state index in [1.54, 1.807) is 6.07 Å². The zero-order valence-electron chi connectivity index (χ0n) is 22.5. The van der Waals surface area contributed by atoms with Crippen LogP contribution in [-0.2, 0) is 16.8 Å². The van der Waals surface area contributed by atoms with Crippen LogP contribution in [0.5, 0.6) is 0 Å². The van der Waals surface area contributed by atoms with Crippen LogP contribution < -0.4 is 10.6 Å². The summed E-state index contributed by atoms with van der Waals surface area (Å²) >= 11 is 0. The molecule has 4 aromatic heterocycles. The van der Waals surface area contributed by atoms with Crippen molar-refractivity contribution >= 4 is 17.2 Å². The Bertz CT molecular complexity index is 1500. The van der Waals surface area contributed by atoms with Crippen molar-refractivity contribution in [2.75, 3.05) is 32.1 Å². The van der Waals surface area contributed by atoms with E-state index < -0.39 is 6.17 Å². The number of anilines is 1. The van der Waals surface area contributed by atoms with Crippen LogP contribution in [0.25, 0.3) is 17.2 Å². The van der Waals surface area contributed by atoms with Gasteiger partial charge < -0.3 is 29.4 Å². The van der Waals surface area contributed by atoms with Crippen LogP contribution in [0, 0.1) is 0 Å². The highest BCUT2D eigenvalue weighted by Crippen LogP contribution is 2.38. The number of epoxide rings is 1. The fraction of sp³-hybridized carbons (Fsp3) is 0.481. The van der Waals surface area contributed by atoms with Gasteiger partial charge in [-0.05, 0) is 52.4 Å². The van der Waals surface area contributed by atoms with E-state index in [1.165, 1.54) is 0 Å². The van der Waals surface area contributed by atoms with E-state index in [0.717, 1.165) is 17.9 Å². The summed E-state index contributed by atoms with van der Waals surface area (Å²) in [5.74, 6) is 0.340. The number of piperidine rings is 1. The fourth-order valence-electron chi connectivity index (χ4n) is 4.92. The highest BCUT2D eigenvalue weighted by molar-refractivity contribution is 5.93. The Kier molecular flexibility index (Phi) is 6.38. The summed E-state index contributed by atoms with van der Waals surface area (Å²) in [6.07, 6.45) is 5.18. The molecule has 2 fully saturated rings. The van der Waals surface area contributed by atoms with Gasteiger partial charge in [-0.2, -0.15) is 4.98 Å². The van der Waals surface area contributed by atoms with Gasteiger partial charge in [0.2, 0.25) is 11.7 Å². The summed E-state index contributed by atoms with van der Waals surface area (Å²) in [6, 6.07) is 5.28. The molecule has 2 saturated heterocycles. The Morgan fingerprint density at radius 3 is 2.77 bits per heavy atom. The summed E-state index contributed by atoms with van der Waals surface area (Å²) in [5.41, 5.74) is 3.17. The first-order valence-corrected chi connectivity index (χ1v) is 13.2. The predicted molar refractivity (Wildman–Crippen MR) is 142 cm³/mol. The SMILES string of the molecule is CN1CC[C@@H](Nc2cccn3c([C@H]4CO4)c(-c4noc(CNC(=O)c5ccn(C(C)(C)C)c5)n4)nc23)[C@@H](F)C1. The average molecular weight is 537 g/mol. The molecule has 2 N–H and O–H groups in total. The maximum absolute atomic E-state index is 14.8. The van der Waals surface area contributed by atoms with Crippen LogP contribution in [0.4, 0.5) is 10.1 Å². The van der Waals surface area contributed by atoms with Gasteiger partial charge in [0, 0.05) is 37.2 Å². The van der Waals surface area contributed by atoms with Crippen molar-refractivity contribution in [1.29, 1.82) is 0 Å². The minimum absolute atomic E-state index is 0.0793. The number of rotatable bonds is 7. The molecule has 6 rings (SSSR count). The van der Waals surface area contributed by atoms with E-state index in [0.29, 0.717) is 42.3 Å². The van der Waals surface area contributed by atoms with Crippen LogP contribution in [-0.4, -0.2) is 73.9 Å². The normalized spacial score (nSPS) is 21.8. The molecular formula is C27H33FN8O3. The Labute approximate surface area is 225 Å². The number of hydrogen-bond donors (Lipinski definition) is 2. The molecule has 3 atom stereocenters. The third-order valence-electron chi connectivity index (χ3n) is 7.22. The molecule has 0 saturated carbocycles. The van der Waals surface area contributed by atoms with Crippen molar-refractivity contribution in [1.82, 2.24) is 34.3 Å². The van der Waals surface area contributed by atoms with E-state index in [4.69, 9.17) is 14.2 Å². The molecule has 11 nitrogen and oxygen atoms in total. The highest BCUT2D eigenvalue weighted by atomic mass is 19.1. The third-order valence-corrected chi connectivity index (χ3v) is 7.22. The first-order valence-electron chi connectivity index (χ1n) is 13.2. The number of halogens is 1. The van der Waals surface area contributed by atoms with Crippen molar-refractivity contribution in [3.05, 3.63) is 53.9 Å². The second-order valence-corrected chi connectivity index (χ2v) is 11.3. The lowest BCUT2D eigenvalue weighted by Gasteiger charge is -2.33. The number of pyridine rings is 1. The number of nitrogens with zero attached hydrogens (tertiary/aromatic N) is 6. The lowest BCUT2D eigenvalue weighted by molar-refractivity contribution is 0.0946. The quantitative estimate of drug-likeness (QED) is 0.345. The molecule has 0 spiro atoms. The maximum Gasteiger partial charge on any atom is 0.253 e. The van der Waals surface area contributed by atoms with Gasteiger partial charge in [-0.3, -0.25) is 9.20 Å². The molecule has 2 aliphatic heterocycles. The number of likely N-dealkylation sites (tertiary alicyclic amines) is 1. The summed E-state index contributed by atoms with van der Waals surface area (Å²) in [6.45, 7) is 8.07. The van der Waals surface area contributed by atoms with Gasteiger partial charge in [-0.15, -0.1) is 0 Å². The number of amides is 1. The zero-order valence-corrected chi connectivity index (χ0v) is 22.5. The number of fused-ring (bicyclic) bond motifs is 1. The molecule has 0 radical (unpaired) electrons. The van der Waals surface area contributed by atoms with Crippen molar-refractivity contribution in [2.45, 2.75) is 57.6 Å². The second-order valence-electron chi connectivity index (χ2n) is 11.3. The molecule has 6 heterocycles.